The second-order valence-electron chi connectivity index (χ2n) is 10.9. The van der Waals surface area contributed by atoms with Crippen LogP contribution in [0.1, 0.15) is 65.6 Å². The number of hydrogen-bond acceptors (Lipinski definition) is 5. The van der Waals surface area contributed by atoms with Gasteiger partial charge in [-0.2, -0.15) is 13.2 Å². The van der Waals surface area contributed by atoms with Crippen molar-refractivity contribution in [2.75, 3.05) is 26.4 Å². The van der Waals surface area contributed by atoms with E-state index >= 15 is 4.39 Å². The molecule has 0 N–H and O–H groups in total. The number of carbonyl (C=O) groups is 1. The van der Waals surface area contributed by atoms with Crippen molar-refractivity contribution in [2.45, 2.75) is 63.4 Å². The number of ether oxygens (including phenoxy) is 2. The van der Waals surface area contributed by atoms with Crippen molar-refractivity contribution in [2.24, 2.45) is 5.92 Å². The number of carbonyl (C=O) groups excluding carboxylic acids is 2. The highest BCUT2D eigenvalue weighted by atomic mass is 35.5. The number of benzene rings is 2. The van der Waals surface area contributed by atoms with Crippen molar-refractivity contribution >= 4 is 23.8 Å². The molecule has 1 radical (unpaired) electrons. The van der Waals surface area contributed by atoms with E-state index in [0.717, 1.165) is 24.5 Å². The maximum absolute atomic E-state index is 15.1. The molecule has 0 spiro atoms. The van der Waals surface area contributed by atoms with Gasteiger partial charge in [0.1, 0.15) is 30.2 Å². The summed E-state index contributed by atoms with van der Waals surface area (Å²) in [6, 6.07) is 3.21. The molecule has 6 nitrogen and oxygen atoms in total. The van der Waals surface area contributed by atoms with Gasteiger partial charge in [-0.1, -0.05) is 11.6 Å². The van der Waals surface area contributed by atoms with Crippen LogP contribution in [0, 0.1) is 17.6 Å². The second-order valence-corrected chi connectivity index (χ2v) is 11.3. The van der Waals surface area contributed by atoms with Crippen molar-refractivity contribution in [1.82, 2.24) is 9.80 Å². The van der Waals surface area contributed by atoms with Gasteiger partial charge < -0.3 is 14.4 Å². The predicted molar refractivity (Wildman–Crippen MR) is 139 cm³/mol. The lowest BCUT2D eigenvalue weighted by Gasteiger charge is -2.32. The van der Waals surface area contributed by atoms with Crippen molar-refractivity contribution in [3.05, 3.63) is 63.2 Å². The van der Waals surface area contributed by atoms with E-state index in [0.29, 0.717) is 44.4 Å². The first-order valence-corrected chi connectivity index (χ1v) is 13.9. The van der Waals surface area contributed by atoms with E-state index in [4.69, 9.17) is 21.1 Å². The summed E-state index contributed by atoms with van der Waals surface area (Å²) in [5.74, 6) is -1.63. The number of likely N-dealkylation sites (tertiary alicyclic amines) is 1. The van der Waals surface area contributed by atoms with Crippen LogP contribution in [-0.4, -0.2) is 60.6 Å². The lowest BCUT2D eigenvalue weighted by molar-refractivity contribution is -0.137. The van der Waals surface area contributed by atoms with Gasteiger partial charge in [0.05, 0.1) is 28.9 Å². The number of amides is 1. The topological polar surface area (TPSA) is 59.1 Å². The molecule has 1 saturated carbocycles. The van der Waals surface area contributed by atoms with Gasteiger partial charge in [-0.15, -0.1) is 0 Å². The third-order valence-corrected chi connectivity index (χ3v) is 8.27. The summed E-state index contributed by atoms with van der Waals surface area (Å²) in [5, 5.41) is -0.560. The molecule has 2 atom stereocenters. The Labute approximate surface area is 239 Å². The Hall–Kier alpha value is -2.76. The molecule has 2 saturated heterocycles. The molecule has 3 aliphatic rings. The minimum atomic E-state index is -4.63. The smallest absolute Gasteiger partial charge is 0.416 e. The Morgan fingerprint density at radius 1 is 1.12 bits per heavy atom. The van der Waals surface area contributed by atoms with Crippen molar-refractivity contribution in [3.8, 4) is 5.75 Å². The van der Waals surface area contributed by atoms with Crippen LogP contribution < -0.4 is 4.74 Å². The Bertz CT molecular complexity index is 1310. The monoisotopic (exact) mass is 599 g/mol. The SMILES string of the molecule is C[C@H]1OCN(C(=O)c2cc(C3CC3)c(OCC3CCN(Cc4cc(C(F)(F)F)cc(Cl)c4F)CC3)cc2F)[C@@H]1[C]=O. The third kappa shape index (κ3) is 6.52. The number of piperidine rings is 1. The van der Waals surface area contributed by atoms with Crippen LogP contribution in [0.3, 0.4) is 0 Å². The summed E-state index contributed by atoms with van der Waals surface area (Å²) in [5.41, 5.74) is -0.499. The third-order valence-electron chi connectivity index (χ3n) is 7.99. The quantitative estimate of drug-likeness (QED) is 0.343. The Kier molecular flexibility index (Phi) is 8.59. The summed E-state index contributed by atoms with van der Waals surface area (Å²) in [6.07, 6.45) is -0.278. The largest absolute Gasteiger partial charge is 0.493 e. The van der Waals surface area contributed by atoms with Gasteiger partial charge in [-0.05, 0) is 81.3 Å². The minimum absolute atomic E-state index is 0.000856. The first-order valence-electron chi connectivity index (χ1n) is 13.5. The van der Waals surface area contributed by atoms with E-state index in [-0.39, 0.29) is 36.2 Å². The van der Waals surface area contributed by atoms with Crippen molar-refractivity contribution in [1.29, 1.82) is 0 Å². The number of nitrogens with zero attached hydrogens (tertiary/aromatic N) is 2. The van der Waals surface area contributed by atoms with Gasteiger partial charge in [0, 0.05) is 18.2 Å². The van der Waals surface area contributed by atoms with E-state index in [2.05, 4.69) is 0 Å². The number of rotatable bonds is 8. The van der Waals surface area contributed by atoms with E-state index in [9.17, 15) is 27.2 Å². The van der Waals surface area contributed by atoms with E-state index < -0.39 is 46.4 Å². The Morgan fingerprint density at radius 2 is 1.83 bits per heavy atom. The van der Waals surface area contributed by atoms with E-state index in [1.54, 1.807) is 13.2 Å². The molecular weight excluding hydrogens is 571 g/mol. The van der Waals surface area contributed by atoms with Crippen LogP contribution in [0.15, 0.2) is 24.3 Å². The summed E-state index contributed by atoms with van der Waals surface area (Å²) >= 11 is 5.72. The molecule has 12 heteroatoms. The van der Waals surface area contributed by atoms with E-state index in [1.165, 1.54) is 17.0 Å². The molecule has 2 aromatic carbocycles. The average Bonchev–Trinajstić information content (AvgIpc) is 3.70. The lowest BCUT2D eigenvalue weighted by Crippen LogP contribution is -2.40. The molecule has 3 fully saturated rings. The molecular formula is C29H29ClF5N2O4. The van der Waals surface area contributed by atoms with Gasteiger partial charge in [-0.3, -0.25) is 14.5 Å². The summed E-state index contributed by atoms with van der Waals surface area (Å²) in [6.45, 7) is 2.86. The van der Waals surface area contributed by atoms with Crippen LogP contribution in [-0.2, 0) is 22.3 Å². The standard InChI is InChI=1S/C29H29ClF5N2O4/c1-16-25(13-38)37(15-41-16)28(39)22-10-21(18-2-3-18)26(11-24(22)31)40-14-17-4-6-36(7-5-17)12-19-8-20(29(33,34)35)9-23(30)27(19)32/h8-11,16-18,25H,2-7,12,14-15H2,1H3/t16-,25-/m1/s1. The zero-order valence-electron chi connectivity index (χ0n) is 22.3. The lowest BCUT2D eigenvalue weighted by atomic mass is 9.97. The first kappa shape index (κ1) is 29.7. The van der Waals surface area contributed by atoms with E-state index in [1.807, 2.05) is 4.90 Å². The molecule has 2 heterocycles. The fourth-order valence-electron chi connectivity index (χ4n) is 5.38. The maximum Gasteiger partial charge on any atom is 0.416 e. The summed E-state index contributed by atoms with van der Waals surface area (Å²) in [7, 11) is 0. The number of hydrogen-bond donors (Lipinski definition) is 0. The van der Waals surface area contributed by atoms with Crippen LogP contribution >= 0.6 is 11.6 Å². The molecule has 0 aromatic heterocycles. The van der Waals surface area contributed by atoms with Crippen LogP contribution in [0.5, 0.6) is 5.75 Å². The van der Waals surface area contributed by atoms with Crippen LogP contribution in [0.25, 0.3) is 0 Å². The van der Waals surface area contributed by atoms with Gasteiger partial charge in [0.15, 0.2) is 0 Å². The molecule has 2 aromatic rings. The Morgan fingerprint density at radius 3 is 2.46 bits per heavy atom. The average molecular weight is 600 g/mol. The predicted octanol–water partition coefficient (Wildman–Crippen LogP) is 6.10. The van der Waals surface area contributed by atoms with Gasteiger partial charge >= 0.3 is 6.18 Å². The maximum atomic E-state index is 15.1. The molecule has 1 aliphatic carbocycles. The zero-order chi connectivity index (χ0) is 29.5. The van der Waals surface area contributed by atoms with Gasteiger partial charge in [0.25, 0.3) is 5.91 Å². The fraction of sp³-hybridized carbons (Fsp3) is 0.517. The molecule has 221 valence electrons. The first-order chi connectivity index (χ1) is 19.5. The molecule has 5 rings (SSSR count). The molecule has 0 bridgehead atoms. The summed E-state index contributed by atoms with van der Waals surface area (Å²) < 4.78 is 80.5. The molecule has 41 heavy (non-hydrogen) atoms. The normalized spacial score (nSPS) is 22.3. The highest BCUT2D eigenvalue weighted by molar-refractivity contribution is 6.30. The molecule has 1 amide bonds. The summed E-state index contributed by atoms with van der Waals surface area (Å²) in [4.78, 5) is 27.4. The zero-order valence-corrected chi connectivity index (χ0v) is 23.0. The fourth-order valence-corrected chi connectivity index (χ4v) is 5.62. The van der Waals surface area contributed by atoms with Crippen LogP contribution in [0.2, 0.25) is 5.02 Å². The Balaban J connectivity index is 1.21. The number of halogens is 6. The minimum Gasteiger partial charge on any atom is -0.493 e. The van der Waals surface area contributed by atoms with Crippen molar-refractivity contribution in [3.63, 3.8) is 0 Å². The molecule has 0 unspecified atom stereocenters. The second kappa shape index (κ2) is 11.9. The highest BCUT2D eigenvalue weighted by Gasteiger charge is 2.38. The van der Waals surface area contributed by atoms with Crippen molar-refractivity contribution < 1.29 is 41.0 Å². The van der Waals surface area contributed by atoms with Gasteiger partial charge in [0.2, 0.25) is 6.29 Å². The number of alkyl halides is 3. The van der Waals surface area contributed by atoms with Gasteiger partial charge in [-0.25, -0.2) is 8.78 Å². The highest BCUT2D eigenvalue weighted by Crippen LogP contribution is 2.45. The molecule has 2 aliphatic heterocycles. The van der Waals surface area contributed by atoms with Crippen LogP contribution in [0.4, 0.5) is 22.0 Å².